The molecule has 8 aromatic rings. The van der Waals surface area contributed by atoms with E-state index in [9.17, 15) is 39.0 Å². The van der Waals surface area contributed by atoms with Crippen molar-refractivity contribution in [1.29, 1.82) is 0 Å². The number of carboxylic acid groups (broad SMARTS) is 2. The van der Waals surface area contributed by atoms with Gasteiger partial charge in [-0.15, -0.1) is 13.1 Å². The molecule has 6 fully saturated rings. The second kappa shape index (κ2) is 35.8. The molecule has 0 bridgehead atoms. The van der Waals surface area contributed by atoms with E-state index in [1.165, 1.54) is 12.5 Å². The van der Waals surface area contributed by atoms with Crippen molar-refractivity contribution in [2.75, 3.05) is 37.1 Å². The number of benzene rings is 6. The number of nitrogens with one attached hydrogen (secondary N) is 2. The molecule has 6 aromatic carbocycles. The summed E-state index contributed by atoms with van der Waals surface area (Å²) in [5.74, 6) is -5.01. The van der Waals surface area contributed by atoms with Crippen LogP contribution in [0.15, 0.2) is 201 Å². The summed E-state index contributed by atoms with van der Waals surface area (Å²) >= 11 is 4.09. The number of anilines is 2. The van der Waals surface area contributed by atoms with Crippen LogP contribution >= 0.6 is 45.2 Å². The van der Waals surface area contributed by atoms with Gasteiger partial charge in [0.05, 0.1) is 40.6 Å². The second-order valence-electron chi connectivity index (χ2n) is 32.0. The van der Waals surface area contributed by atoms with Crippen molar-refractivity contribution >= 4 is 104 Å². The molecule has 1 radical (unpaired) electrons. The maximum Gasteiger partial charge on any atom is 3.00 e. The Morgan fingerprint density at radius 1 is 0.540 bits per heavy atom. The fourth-order valence-electron chi connectivity index (χ4n) is 17.0. The molecule has 2 saturated carbocycles. The van der Waals surface area contributed by atoms with Crippen LogP contribution in [0, 0.1) is 19.2 Å². The van der Waals surface area contributed by atoms with E-state index in [-0.39, 0.29) is 52.3 Å². The van der Waals surface area contributed by atoms with Gasteiger partial charge in [0.25, 0.3) is 0 Å². The van der Waals surface area contributed by atoms with Gasteiger partial charge in [0.1, 0.15) is 37.2 Å². The Morgan fingerprint density at radius 2 is 0.903 bits per heavy atom. The minimum absolute atomic E-state index is 0. The number of amides is 2. The number of hydrogen-bond acceptors (Lipinski definition) is 19. The first kappa shape index (κ1) is 83.4. The summed E-state index contributed by atoms with van der Waals surface area (Å²) in [4.78, 5) is 116. The Morgan fingerprint density at radius 3 is 1.25 bits per heavy atom. The number of carboxylic acids is 2. The maximum absolute atomic E-state index is 13.8. The van der Waals surface area contributed by atoms with Crippen molar-refractivity contribution in [1.82, 2.24) is 19.8 Å². The molecule has 3 N–H and O–H groups in total. The number of oxazole rings is 2. The third-order valence-corrected chi connectivity index (χ3v) is 23.0. The fourth-order valence-corrected chi connectivity index (χ4v) is 17.7. The number of halogens is 2. The Balaban J connectivity index is 0.000000208. The number of hydrogen-bond donors (Lipinski definition) is 3. The Hall–Kier alpha value is -9.03. The molecule has 4 aliphatic heterocycles. The number of carbonyl (C=O) groups excluding carboxylic acids is 5. The summed E-state index contributed by atoms with van der Waals surface area (Å²) in [6, 6.07) is 49.7. The van der Waals surface area contributed by atoms with Crippen LogP contribution in [0.4, 0.5) is 21.0 Å². The number of likely N-dealkylation sites (tertiary alicyclic amines) is 2. The van der Waals surface area contributed by atoms with Crippen molar-refractivity contribution in [3.63, 3.8) is 0 Å². The predicted molar refractivity (Wildman–Crippen MR) is 437 cm³/mol. The summed E-state index contributed by atoms with van der Waals surface area (Å²) in [5, 5.41) is 33.8. The van der Waals surface area contributed by atoms with Gasteiger partial charge < -0.3 is 63.4 Å². The van der Waals surface area contributed by atoms with Gasteiger partial charge in [0.2, 0.25) is 11.8 Å². The van der Waals surface area contributed by atoms with Crippen LogP contribution < -0.4 is 16.1 Å². The van der Waals surface area contributed by atoms with E-state index in [4.69, 9.17) is 48.6 Å². The van der Waals surface area contributed by atoms with Gasteiger partial charge in [-0.3, -0.25) is 19.6 Å². The third-order valence-electron chi connectivity index (χ3n) is 22.0. The Bertz CT molecular complexity index is 4410. The molecule has 2 aromatic heterocycles. The van der Waals surface area contributed by atoms with E-state index in [0.29, 0.717) is 130 Å². The van der Waals surface area contributed by atoms with E-state index < -0.39 is 81.2 Å². The van der Waals surface area contributed by atoms with Gasteiger partial charge >= 0.3 is 46.6 Å². The number of carbonyl (C=O) groups is 6. The predicted octanol–water partition coefficient (Wildman–Crippen LogP) is 15.8. The molecule has 6 aliphatic rings. The van der Waals surface area contributed by atoms with Crippen molar-refractivity contribution in [2.45, 2.75) is 189 Å². The molecule has 6 heterocycles. The number of ether oxygens (including phenoxy) is 2. The van der Waals surface area contributed by atoms with Crippen molar-refractivity contribution in [3.05, 3.63) is 246 Å². The number of aliphatic carboxylic acids is 2. The van der Waals surface area contributed by atoms with Crippen LogP contribution in [0.25, 0.3) is 10.6 Å². The second-order valence-corrected chi connectivity index (χ2v) is 34.2. The average molecular weight is 1800 g/mol. The first-order chi connectivity index (χ1) is 53.7. The molecule has 2 unspecified atom stereocenters. The van der Waals surface area contributed by atoms with Gasteiger partial charge in [0.15, 0.2) is 6.04 Å². The molecular formula is C86H93I2N10NiO14. The van der Waals surface area contributed by atoms with Crippen LogP contribution in [-0.2, 0) is 67.7 Å². The SMILES string of the molecule is CC(C)(C)OC(=O)N1CCCC12CC([C@H](c1nc(I)co1)[C@H](N=C(c1ccccc1)c1ccccc1NOC(=O)C1(Cc3ccccc3)CCC[N-]1)C(=O)O)C2.CC(C)(C)OC(=O)N1CCCC12CC([C@H](c1nc(I)co1)[C@H](N=C(c1ccccc1)c1ccccc1NOC(=O)C1(Cc3ccccc3)CCC[N-]1)C(=O)[O-])C2.[Ni+3]. The van der Waals surface area contributed by atoms with Crippen LogP contribution in [0.3, 0.4) is 0 Å². The first-order valence-electron chi connectivity index (χ1n) is 38.2. The number of aliphatic imine (C=N–C) groups is 2. The molecule has 14 rings (SSSR count). The zero-order valence-corrected chi connectivity index (χ0v) is 69.2. The standard InChI is InChI=1S/2C43H47IN5O7.Ni/c2*1-41(2,3)55-40(53)49-23-13-20-42(49)25-30(26-42)34(37-46-33(44)27-54-37)36(38(50)51)47-35(29-16-8-5-9-17-29)31-18-10-11-19-32(31)48-56-39(52)43(21-12-22-45-43)24-28-14-6-4-7-15-28;/h2*4-11,14-19,27,30,34,36,48H,12-13,20-26H2,1-3H3,(H,50,51);/q2*-1;+3/p-1/t2*30?,34-,36-,42?,43?;/m00./s1. The van der Waals surface area contributed by atoms with Crippen LogP contribution in [0.1, 0.15) is 176 Å². The average Bonchev–Trinajstić information content (AvgIpc) is 1.66. The molecule has 27 heteroatoms. The molecule has 2 amide bonds. The van der Waals surface area contributed by atoms with E-state index in [2.05, 4.69) is 43.5 Å². The van der Waals surface area contributed by atoms with Gasteiger partial charge in [-0.2, -0.15) is 0 Å². The largest absolute Gasteiger partial charge is 3.00 e. The van der Waals surface area contributed by atoms with E-state index in [1.54, 1.807) is 30.3 Å². The molecule has 2 spiro atoms. The quantitative estimate of drug-likeness (QED) is 0.0166. The molecular weight excluding hydrogens is 1710 g/mol. The van der Waals surface area contributed by atoms with Gasteiger partial charge in [-0.05, 0) is 197 Å². The third kappa shape index (κ3) is 19.3. The van der Waals surface area contributed by atoms with Crippen LogP contribution in [0.2, 0.25) is 0 Å². The Labute approximate surface area is 695 Å². The molecule has 6 atom stereocenters. The number of nitrogens with zero attached hydrogens (tertiary/aromatic N) is 8. The van der Waals surface area contributed by atoms with Crippen molar-refractivity contribution in [2.24, 2.45) is 21.8 Å². The smallest absolute Gasteiger partial charge is 0.647 e. The molecule has 113 heavy (non-hydrogen) atoms. The maximum atomic E-state index is 13.8. The van der Waals surface area contributed by atoms with E-state index in [0.717, 1.165) is 49.7 Å². The Kier molecular flexibility index (Phi) is 26.4. The minimum Gasteiger partial charge on any atom is -0.647 e. The number of aromatic nitrogens is 2. The summed E-state index contributed by atoms with van der Waals surface area (Å²) in [6.45, 7) is 13.4. The van der Waals surface area contributed by atoms with Crippen LogP contribution in [-0.4, -0.2) is 144 Å². The summed E-state index contributed by atoms with van der Waals surface area (Å²) in [6.07, 6.45) is 11.2. The van der Waals surface area contributed by atoms with Gasteiger partial charge in [-0.1, -0.05) is 183 Å². The summed E-state index contributed by atoms with van der Waals surface area (Å²) in [5.41, 5.74) is 7.48. The number of rotatable bonds is 24. The molecule has 4 saturated heterocycles. The van der Waals surface area contributed by atoms with Crippen LogP contribution in [0.5, 0.6) is 0 Å². The van der Waals surface area contributed by atoms with E-state index >= 15 is 0 Å². The van der Waals surface area contributed by atoms with Crippen molar-refractivity contribution in [3.8, 4) is 0 Å². The first-order valence-corrected chi connectivity index (χ1v) is 40.4. The number of para-hydroxylation sites is 2. The normalized spacial score (nSPS) is 23.1. The van der Waals surface area contributed by atoms with E-state index in [1.807, 2.05) is 213 Å². The van der Waals surface area contributed by atoms with Gasteiger partial charge in [-0.25, -0.2) is 35.3 Å². The van der Waals surface area contributed by atoms with Crippen molar-refractivity contribution < 1.29 is 83.5 Å². The summed E-state index contributed by atoms with van der Waals surface area (Å²) < 4.78 is 24.6. The monoisotopic (exact) mass is 1800 g/mol. The fraction of sp³-hybridized carbons (Fsp3) is 0.419. The summed E-state index contributed by atoms with van der Waals surface area (Å²) in [7, 11) is 0. The zero-order chi connectivity index (χ0) is 79.0. The molecule has 2 aliphatic carbocycles. The minimum atomic E-state index is -1.43. The topological polar surface area (TPSA) is 318 Å². The molecule has 24 nitrogen and oxygen atoms in total. The zero-order valence-electron chi connectivity index (χ0n) is 63.9. The molecule has 595 valence electrons. The van der Waals surface area contributed by atoms with Gasteiger partial charge in [0, 0.05) is 46.4 Å².